The number of carbonyl (C=O) groups excluding carboxylic acids is 1. The molecule has 0 spiro atoms. The molecule has 0 bridgehead atoms. The van der Waals surface area contributed by atoms with E-state index in [4.69, 9.17) is 0 Å². The van der Waals surface area contributed by atoms with Gasteiger partial charge < -0.3 is 15.6 Å². The van der Waals surface area contributed by atoms with Gasteiger partial charge in [0.1, 0.15) is 5.82 Å². The molecule has 2 aromatic carbocycles. The van der Waals surface area contributed by atoms with Gasteiger partial charge in [-0.05, 0) is 48.2 Å². The maximum Gasteiger partial charge on any atom is 0.252 e. The number of carbonyl (C=O) groups is 1. The first-order valence-corrected chi connectivity index (χ1v) is 10.3. The van der Waals surface area contributed by atoms with Crippen molar-refractivity contribution in [1.29, 1.82) is 0 Å². The van der Waals surface area contributed by atoms with Crippen LogP contribution in [0.2, 0.25) is 0 Å². The van der Waals surface area contributed by atoms with Gasteiger partial charge in [-0.25, -0.2) is 4.39 Å². The smallest absolute Gasteiger partial charge is 0.252 e. The molecule has 2 aliphatic rings. The molecular formula is C23H25FN4O. The molecule has 3 heterocycles. The zero-order chi connectivity index (χ0) is 20.0. The second kappa shape index (κ2) is 7.28. The Hall–Kier alpha value is -2.70. The molecule has 0 saturated carbocycles. The van der Waals surface area contributed by atoms with Crippen LogP contribution in [-0.2, 0) is 13.0 Å². The van der Waals surface area contributed by atoms with Crippen molar-refractivity contribution >= 4 is 16.8 Å². The summed E-state index contributed by atoms with van der Waals surface area (Å²) in [5, 5.41) is 7.21. The van der Waals surface area contributed by atoms with Gasteiger partial charge in [0.25, 0.3) is 5.91 Å². The molecule has 6 heteroatoms. The molecule has 0 aliphatic carbocycles. The molecule has 3 N–H and O–H groups in total. The predicted molar refractivity (Wildman–Crippen MR) is 112 cm³/mol. The van der Waals surface area contributed by atoms with E-state index in [-0.39, 0.29) is 5.91 Å². The Bertz CT molecular complexity index is 1090. The van der Waals surface area contributed by atoms with Gasteiger partial charge in [-0.2, -0.15) is 0 Å². The highest BCUT2D eigenvalue weighted by atomic mass is 19.1. The summed E-state index contributed by atoms with van der Waals surface area (Å²) in [5.74, 6) is -0.606. The van der Waals surface area contributed by atoms with Crippen molar-refractivity contribution in [1.82, 2.24) is 20.5 Å². The number of H-pyrrole nitrogens is 1. The lowest BCUT2D eigenvalue weighted by molar-refractivity contribution is 0.0957. The molecule has 3 aromatic rings. The molecule has 5 rings (SSSR count). The number of halogens is 1. The zero-order valence-corrected chi connectivity index (χ0v) is 16.5. The van der Waals surface area contributed by atoms with E-state index in [1.54, 1.807) is 0 Å². The Morgan fingerprint density at radius 2 is 2.10 bits per heavy atom. The summed E-state index contributed by atoms with van der Waals surface area (Å²) in [6, 6.07) is 11.9. The second-order valence-corrected chi connectivity index (χ2v) is 8.15. The summed E-state index contributed by atoms with van der Waals surface area (Å²) in [6.45, 7) is 6.78. The number of amides is 1. The molecular weight excluding hydrogens is 367 g/mol. The monoisotopic (exact) mass is 392 g/mol. The molecule has 2 aliphatic heterocycles. The third-order valence-corrected chi connectivity index (χ3v) is 5.95. The van der Waals surface area contributed by atoms with Gasteiger partial charge >= 0.3 is 0 Å². The Morgan fingerprint density at radius 3 is 2.97 bits per heavy atom. The van der Waals surface area contributed by atoms with Crippen molar-refractivity contribution in [3.8, 4) is 11.3 Å². The van der Waals surface area contributed by atoms with E-state index >= 15 is 0 Å². The van der Waals surface area contributed by atoms with Crippen LogP contribution in [0.1, 0.15) is 28.4 Å². The number of aromatic nitrogens is 1. The van der Waals surface area contributed by atoms with E-state index in [1.165, 1.54) is 17.7 Å². The van der Waals surface area contributed by atoms with Crippen molar-refractivity contribution in [2.45, 2.75) is 25.9 Å². The highest BCUT2D eigenvalue weighted by molar-refractivity contribution is 6.10. The summed E-state index contributed by atoms with van der Waals surface area (Å²) in [6.07, 6.45) is 0.721. The predicted octanol–water partition coefficient (Wildman–Crippen LogP) is 3.05. The van der Waals surface area contributed by atoms with Gasteiger partial charge in [0.15, 0.2) is 0 Å². The molecule has 0 unspecified atom stereocenters. The second-order valence-electron chi connectivity index (χ2n) is 8.15. The number of piperazine rings is 1. The fraction of sp³-hybridized carbons (Fsp3) is 0.348. The Morgan fingerprint density at radius 1 is 1.21 bits per heavy atom. The normalized spacial score (nSPS) is 19.9. The average molecular weight is 392 g/mol. The topological polar surface area (TPSA) is 60.2 Å². The number of nitrogens with zero attached hydrogens (tertiary/aromatic N) is 1. The molecule has 1 amide bonds. The largest absolute Gasteiger partial charge is 0.354 e. The van der Waals surface area contributed by atoms with Gasteiger partial charge in [0.2, 0.25) is 0 Å². The minimum Gasteiger partial charge on any atom is -0.354 e. The fourth-order valence-electron chi connectivity index (χ4n) is 4.68. The maximum atomic E-state index is 14.1. The van der Waals surface area contributed by atoms with Crippen LogP contribution in [0.4, 0.5) is 4.39 Å². The average Bonchev–Trinajstić information content (AvgIpc) is 2.97. The third-order valence-electron chi connectivity index (χ3n) is 5.95. The summed E-state index contributed by atoms with van der Waals surface area (Å²) in [7, 11) is 0. The molecule has 150 valence electrons. The van der Waals surface area contributed by atoms with E-state index < -0.39 is 5.82 Å². The first-order chi connectivity index (χ1) is 14.1. The van der Waals surface area contributed by atoms with E-state index in [9.17, 15) is 9.18 Å². The van der Waals surface area contributed by atoms with Crippen LogP contribution < -0.4 is 10.6 Å². The SMILES string of the molecule is C[C@@H]1CN(Cc2cccc(-c3[nH]c4cc(F)cc5c4c3CCNC5=O)c2)CCN1. The molecule has 0 radical (unpaired) electrons. The number of benzene rings is 2. The van der Waals surface area contributed by atoms with Crippen molar-refractivity contribution in [3.05, 3.63) is 58.9 Å². The van der Waals surface area contributed by atoms with Crippen LogP contribution in [0.5, 0.6) is 0 Å². The van der Waals surface area contributed by atoms with Gasteiger partial charge in [0.05, 0.1) is 5.56 Å². The first kappa shape index (κ1) is 18.3. The number of hydrogen-bond donors (Lipinski definition) is 3. The molecule has 1 aromatic heterocycles. The molecule has 1 saturated heterocycles. The number of aromatic amines is 1. The lowest BCUT2D eigenvalue weighted by Gasteiger charge is -2.31. The van der Waals surface area contributed by atoms with Gasteiger partial charge in [0, 0.05) is 55.4 Å². The van der Waals surface area contributed by atoms with E-state index in [1.807, 2.05) is 0 Å². The standard InChI is InChI=1S/C23H25FN4O/c1-14-12-28(8-7-25-14)13-15-3-2-4-16(9-15)22-18-5-6-26-23(29)19-10-17(24)11-20(27-22)21(18)19/h2-4,9-11,14,25,27H,5-8,12-13H2,1H3,(H,26,29)/t14-/m1/s1. The van der Waals surface area contributed by atoms with Crippen LogP contribution in [0.25, 0.3) is 22.2 Å². The summed E-state index contributed by atoms with van der Waals surface area (Å²) in [4.78, 5) is 18.3. The van der Waals surface area contributed by atoms with Crippen LogP contribution in [0.15, 0.2) is 36.4 Å². The van der Waals surface area contributed by atoms with Crippen molar-refractivity contribution in [2.75, 3.05) is 26.2 Å². The van der Waals surface area contributed by atoms with Crippen LogP contribution in [0.3, 0.4) is 0 Å². The van der Waals surface area contributed by atoms with E-state index in [0.29, 0.717) is 23.7 Å². The third kappa shape index (κ3) is 3.43. The van der Waals surface area contributed by atoms with Crippen molar-refractivity contribution in [3.63, 3.8) is 0 Å². The Balaban J connectivity index is 1.55. The van der Waals surface area contributed by atoms with Gasteiger partial charge in [-0.15, -0.1) is 0 Å². The summed E-state index contributed by atoms with van der Waals surface area (Å²) < 4.78 is 14.1. The highest BCUT2D eigenvalue weighted by Crippen LogP contribution is 2.35. The highest BCUT2D eigenvalue weighted by Gasteiger charge is 2.23. The minimum absolute atomic E-state index is 0.208. The number of rotatable bonds is 3. The Kier molecular flexibility index (Phi) is 4.60. The first-order valence-electron chi connectivity index (χ1n) is 10.3. The Labute approximate surface area is 169 Å². The van der Waals surface area contributed by atoms with Crippen LogP contribution in [0, 0.1) is 5.82 Å². The van der Waals surface area contributed by atoms with E-state index in [2.05, 4.69) is 51.7 Å². The lowest BCUT2D eigenvalue weighted by Crippen LogP contribution is -2.48. The minimum atomic E-state index is -0.398. The summed E-state index contributed by atoms with van der Waals surface area (Å²) >= 11 is 0. The molecule has 5 nitrogen and oxygen atoms in total. The molecule has 29 heavy (non-hydrogen) atoms. The number of nitrogens with one attached hydrogen (secondary N) is 3. The molecule has 1 fully saturated rings. The number of hydrogen-bond acceptors (Lipinski definition) is 3. The van der Waals surface area contributed by atoms with Gasteiger partial charge in [-0.1, -0.05) is 18.2 Å². The summed E-state index contributed by atoms with van der Waals surface area (Å²) in [5.41, 5.74) is 5.51. The quantitative estimate of drug-likeness (QED) is 0.642. The van der Waals surface area contributed by atoms with Crippen molar-refractivity contribution < 1.29 is 9.18 Å². The van der Waals surface area contributed by atoms with Crippen LogP contribution >= 0.6 is 0 Å². The van der Waals surface area contributed by atoms with Crippen molar-refractivity contribution in [2.24, 2.45) is 0 Å². The van der Waals surface area contributed by atoms with E-state index in [0.717, 1.165) is 54.8 Å². The van der Waals surface area contributed by atoms with Gasteiger partial charge in [-0.3, -0.25) is 9.69 Å². The zero-order valence-electron chi connectivity index (χ0n) is 16.5. The lowest BCUT2D eigenvalue weighted by atomic mass is 9.99. The maximum absolute atomic E-state index is 14.1. The fourth-order valence-corrected chi connectivity index (χ4v) is 4.68. The van der Waals surface area contributed by atoms with Crippen LogP contribution in [-0.4, -0.2) is 48.0 Å². The molecule has 1 atom stereocenters.